The minimum Gasteiger partial charge on any atom is -0.371 e. The lowest BCUT2D eigenvalue weighted by atomic mass is 10.1. The highest BCUT2D eigenvalue weighted by Gasteiger charge is 2.23. The predicted molar refractivity (Wildman–Crippen MR) is 87.0 cm³/mol. The first kappa shape index (κ1) is 14.9. The van der Waals surface area contributed by atoms with E-state index in [2.05, 4.69) is 15.3 Å². The van der Waals surface area contributed by atoms with Crippen LogP contribution in [-0.2, 0) is 11.3 Å². The molecular formula is C16H19ClN4O. The summed E-state index contributed by atoms with van der Waals surface area (Å²) < 4.78 is 1.63. The summed E-state index contributed by atoms with van der Waals surface area (Å²) in [4.78, 5) is 14.2. The van der Waals surface area contributed by atoms with Crippen molar-refractivity contribution in [3.8, 4) is 0 Å². The van der Waals surface area contributed by atoms with Crippen molar-refractivity contribution in [2.75, 3.05) is 24.5 Å². The number of carbonyl (C=O) groups excluding carboxylic acids is 1. The van der Waals surface area contributed by atoms with Gasteiger partial charge in [-0.05, 0) is 42.7 Å². The Labute approximate surface area is 134 Å². The van der Waals surface area contributed by atoms with Crippen molar-refractivity contribution >= 4 is 23.2 Å². The average Bonchev–Trinajstić information content (AvgIpc) is 3.17. The second kappa shape index (κ2) is 6.83. The Balaban J connectivity index is 1.45. The molecule has 0 spiro atoms. The van der Waals surface area contributed by atoms with E-state index in [9.17, 15) is 4.79 Å². The molecule has 1 atom stereocenters. The number of halogens is 1. The molecule has 1 aromatic heterocycles. The third-order valence-electron chi connectivity index (χ3n) is 3.93. The minimum atomic E-state index is 0.00800. The summed E-state index contributed by atoms with van der Waals surface area (Å²) in [5.74, 6) is 0.492. The molecule has 0 radical (unpaired) electrons. The van der Waals surface area contributed by atoms with Gasteiger partial charge in [0.15, 0.2) is 0 Å². The lowest BCUT2D eigenvalue weighted by molar-refractivity contribution is -0.122. The number of nitrogens with zero attached hydrogens (tertiary/aromatic N) is 3. The van der Waals surface area contributed by atoms with Crippen molar-refractivity contribution in [1.82, 2.24) is 15.1 Å². The Morgan fingerprint density at radius 3 is 2.91 bits per heavy atom. The topological polar surface area (TPSA) is 50.2 Å². The van der Waals surface area contributed by atoms with Gasteiger partial charge < -0.3 is 10.2 Å². The Morgan fingerprint density at radius 1 is 1.36 bits per heavy atom. The van der Waals surface area contributed by atoms with Gasteiger partial charge in [0.25, 0.3) is 0 Å². The first-order valence-electron chi connectivity index (χ1n) is 7.45. The number of hydrogen-bond donors (Lipinski definition) is 1. The molecule has 116 valence electrons. The van der Waals surface area contributed by atoms with Gasteiger partial charge in [0.2, 0.25) is 5.91 Å². The highest BCUT2D eigenvalue weighted by molar-refractivity contribution is 6.30. The van der Waals surface area contributed by atoms with E-state index in [-0.39, 0.29) is 12.5 Å². The lowest BCUT2D eigenvalue weighted by Gasteiger charge is -2.19. The molecule has 2 aromatic rings. The van der Waals surface area contributed by atoms with Crippen molar-refractivity contribution in [2.45, 2.75) is 13.0 Å². The SMILES string of the molecule is O=C(Cn1cccn1)NC[C@H]1CCN(c2ccc(Cl)cc2)C1. The third-order valence-corrected chi connectivity index (χ3v) is 4.18. The maximum absolute atomic E-state index is 11.9. The largest absolute Gasteiger partial charge is 0.371 e. The molecule has 0 unspecified atom stereocenters. The summed E-state index contributed by atoms with van der Waals surface area (Å²) in [7, 11) is 0. The van der Waals surface area contributed by atoms with Gasteiger partial charge in [0, 0.05) is 42.7 Å². The van der Waals surface area contributed by atoms with Crippen molar-refractivity contribution in [1.29, 1.82) is 0 Å². The monoisotopic (exact) mass is 318 g/mol. The molecular weight excluding hydrogens is 300 g/mol. The molecule has 1 aliphatic heterocycles. The lowest BCUT2D eigenvalue weighted by Crippen LogP contribution is -2.33. The molecule has 3 rings (SSSR count). The number of carbonyl (C=O) groups is 1. The molecule has 0 aliphatic carbocycles. The molecule has 1 saturated heterocycles. The predicted octanol–water partition coefficient (Wildman–Crippen LogP) is 2.18. The molecule has 1 amide bonds. The zero-order chi connectivity index (χ0) is 15.4. The summed E-state index contributed by atoms with van der Waals surface area (Å²) in [6.07, 6.45) is 4.55. The van der Waals surface area contributed by atoms with Crippen LogP contribution in [0.15, 0.2) is 42.7 Å². The highest BCUT2D eigenvalue weighted by atomic mass is 35.5. The Hall–Kier alpha value is -2.01. The second-order valence-electron chi connectivity index (χ2n) is 5.58. The highest BCUT2D eigenvalue weighted by Crippen LogP contribution is 2.24. The van der Waals surface area contributed by atoms with Gasteiger partial charge in [-0.1, -0.05) is 11.6 Å². The summed E-state index contributed by atoms with van der Waals surface area (Å²) in [6.45, 7) is 2.97. The van der Waals surface area contributed by atoms with E-state index in [0.29, 0.717) is 12.5 Å². The van der Waals surface area contributed by atoms with Gasteiger partial charge in [0.1, 0.15) is 6.54 Å². The van der Waals surface area contributed by atoms with Crippen molar-refractivity contribution < 1.29 is 4.79 Å². The van der Waals surface area contributed by atoms with E-state index in [0.717, 1.165) is 24.5 Å². The van der Waals surface area contributed by atoms with Crippen LogP contribution in [0, 0.1) is 5.92 Å². The summed E-state index contributed by atoms with van der Waals surface area (Å²) in [5, 5.41) is 7.78. The van der Waals surface area contributed by atoms with Crippen LogP contribution in [0.25, 0.3) is 0 Å². The smallest absolute Gasteiger partial charge is 0.241 e. The number of rotatable bonds is 5. The van der Waals surface area contributed by atoms with Gasteiger partial charge in [-0.3, -0.25) is 9.48 Å². The fraction of sp³-hybridized carbons (Fsp3) is 0.375. The van der Waals surface area contributed by atoms with Crippen LogP contribution in [0.2, 0.25) is 5.02 Å². The summed E-state index contributed by atoms with van der Waals surface area (Å²) in [6, 6.07) is 9.72. The first-order chi connectivity index (χ1) is 10.7. The fourth-order valence-electron chi connectivity index (χ4n) is 2.74. The fourth-order valence-corrected chi connectivity index (χ4v) is 2.87. The number of benzene rings is 1. The minimum absolute atomic E-state index is 0.00800. The molecule has 0 saturated carbocycles. The standard InChI is InChI=1S/C16H19ClN4O/c17-14-2-4-15(5-3-14)20-9-6-13(11-20)10-18-16(22)12-21-8-1-7-19-21/h1-5,7-8,13H,6,9-12H2,(H,18,22)/t13-/m1/s1. The summed E-state index contributed by atoms with van der Waals surface area (Å²) >= 11 is 5.92. The van der Waals surface area contributed by atoms with E-state index in [1.807, 2.05) is 30.3 Å². The van der Waals surface area contributed by atoms with Crippen molar-refractivity contribution in [3.63, 3.8) is 0 Å². The van der Waals surface area contributed by atoms with Gasteiger partial charge in [0.05, 0.1) is 0 Å². The molecule has 5 nitrogen and oxygen atoms in total. The Morgan fingerprint density at radius 2 is 2.18 bits per heavy atom. The van der Waals surface area contributed by atoms with Crippen LogP contribution in [0.1, 0.15) is 6.42 Å². The average molecular weight is 319 g/mol. The number of aromatic nitrogens is 2. The number of nitrogens with one attached hydrogen (secondary N) is 1. The van der Waals surface area contributed by atoms with Crippen LogP contribution >= 0.6 is 11.6 Å². The first-order valence-corrected chi connectivity index (χ1v) is 7.83. The zero-order valence-electron chi connectivity index (χ0n) is 12.3. The quantitative estimate of drug-likeness (QED) is 0.919. The number of hydrogen-bond acceptors (Lipinski definition) is 3. The van der Waals surface area contributed by atoms with Crippen LogP contribution in [-0.4, -0.2) is 35.3 Å². The van der Waals surface area contributed by atoms with Crippen molar-refractivity contribution in [2.24, 2.45) is 5.92 Å². The zero-order valence-corrected chi connectivity index (χ0v) is 13.0. The Bertz CT molecular complexity index is 612. The van der Waals surface area contributed by atoms with E-state index in [1.165, 1.54) is 5.69 Å². The normalized spacial score (nSPS) is 17.7. The summed E-state index contributed by atoms with van der Waals surface area (Å²) in [5.41, 5.74) is 1.19. The molecule has 1 N–H and O–H groups in total. The molecule has 22 heavy (non-hydrogen) atoms. The van der Waals surface area contributed by atoms with E-state index >= 15 is 0 Å². The third kappa shape index (κ3) is 3.80. The van der Waals surface area contributed by atoms with E-state index < -0.39 is 0 Å². The van der Waals surface area contributed by atoms with Gasteiger partial charge in [-0.2, -0.15) is 5.10 Å². The van der Waals surface area contributed by atoms with Gasteiger partial charge >= 0.3 is 0 Å². The van der Waals surface area contributed by atoms with Crippen LogP contribution in [0.3, 0.4) is 0 Å². The van der Waals surface area contributed by atoms with E-state index in [4.69, 9.17) is 11.6 Å². The van der Waals surface area contributed by atoms with Crippen LogP contribution < -0.4 is 10.2 Å². The van der Waals surface area contributed by atoms with Crippen LogP contribution in [0.4, 0.5) is 5.69 Å². The molecule has 1 aromatic carbocycles. The van der Waals surface area contributed by atoms with Gasteiger partial charge in [-0.25, -0.2) is 0 Å². The van der Waals surface area contributed by atoms with E-state index in [1.54, 1.807) is 17.1 Å². The number of amides is 1. The molecule has 1 fully saturated rings. The maximum atomic E-state index is 11.9. The molecule has 6 heteroatoms. The maximum Gasteiger partial charge on any atom is 0.241 e. The Kier molecular flexibility index (Phi) is 4.63. The molecule has 1 aliphatic rings. The number of anilines is 1. The molecule has 2 heterocycles. The second-order valence-corrected chi connectivity index (χ2v) is 6.02. The van der Waals surface area contributed by atoms with Crippen molar-refractivity contribution in [3.05, 3.63) is 47.7 Å². The van der Waals surface area contributed by atoms with Crippen LogP contribution in [0.5, 0.6) is 0 Å². The van der Waals surface area contributed by atoms with Gasteiger partial charge in [-0.15, -0.1) is 0 Å². The molecule has 0 bridgehead atoms.